The van der Waals surface area contributed by atoms with Crippen LogP contribution in [0.4, 0.5) is 0 Å². The Kier molecular flexibility index (Phi) is 5.55. The van der Waals surface area contributed by atoms with Gasteiger partial charge in [-0.15, -0.1) is 0 Å². The van der Waals surface area contributed by atoms with Crippen LogP contribution in [0.1, 0.15) is 46.6 Å². The lowest BCUT2D eigenvalue weighted by molar-refractivity contribution is -0.126. The van der Waals surface area contributed by atoms with Gasteiger partial charge in [-0.2, -0.15) is 0 Å². The molecule has 1 atom stereocenters. The SMILES string of the molecule is CCC(C)/C(=C\C1=C(C)C(=C(C)C)C(=O)NC1=O)c1ccccc1. The van der Waals surface area contributed by atoms with Gasteiger partial charge in [0.15, 0.2) is 0 Å². The molecule has 126 valence electrons. The maximum absolute atomic E-state index is 12.4. The van der Waals surface area contributed by atoms with E-state index in [1.165, 1.54) is 0 Å². The van der Waals surface area contributed by atoms with Crippen molar-refractivity contribution >= 4 is 17.4 Å². The predicted molar refractivity (Wildman–Crippen MR) is 98.1 cm³/mol. The molecule has 24 heavy (non-hydrogen) atoms. The Hall–Kier alpha value is -2.42. The van der Waals surface area contributed by atoms with Gasteiger partial charge in [0.05, 0.1) is 0 Å². The molecule has 1 aromatic carbocycles. The second-order valence-electron chi connectivity index (χ2n) is 6.47. The van der Waals surface area contributed by atoms with E-state index >= 15 is 0 Å². The number of benzene rings is 1. The van der Waals surface area contributed by atoms with Gasteiger partial charge in [-0.3, -0.25) is 14.9 Å². The summed E-state index contributed by atoms with van der Waals surface area (Å²) in [6.45, 7) is 9.92. The van der Waals surface area contributed by atoms with E-state index < -0.39 is 0 Å². The van der Waals surface area contributed by atoms with Crippen LogP contribution in [0, 0.1) is 5.92 Å². The van der Waals surface area contributed by atoms with Gasteiger partial charge in [-0.1, -0.05) is 49.8 Å². The Morgan fingerprint density at radius 2 is 1.75 bits per heavy atom. The van der Waals surface area contributed by atoms with Crippen molar-refractivity contribution in [2.75, 3.05) is 0 Å². The summed E-state index contributed by atoms with van der Waals surface area (Å²) in [7, 11) is 0. The fourth-order valence-corrected chi connectivity index (χ4v) is 3.00. The number of allylic oxidation sites excluding steroid dienone is 2. The zero-order valence-electron chi connectivity index (χ0n) is 15.1. The molecule has 2 rings (SSSR count). The number of carbonyl (C=O) groups is 2. The van der Waals surface area contributed by atoms with E-state index in [0.29, 0.717) is 17.1 Å². The molecule has 0 bridgehead atoms. The third-order valence-electron chi connectivity index (χ3n) is 4.53. The van der Waals surface area contributed by atoms with Crippen LogP contribution in [-0.4, -0.2) is 11.8 Å². The second-order valence-corrected chi connectivity index (χ2v) is 6.47. The summed E-state index contributed by atoms with van der Waals surface area (Å²) in [6, 6.07) is 10.1. The summed E-state index contributed by atoms with van der Waals surface area (Å²) in [5, 5.41) is 2.47. The number of nitrogens with one attached hydrogen (secondary N) is 1. The zero-order valence-corrected chi connectivity index (χ0v) is 15.1. The first kappa shape index (κ1) is 17.9. The predicted octanol–water partition coefficient (Wildman–Crippen LogP) is 4.43. The third-order valence-corrected chi connectivity index (χ3v) is 4.53. The lowest BCUT2D eigenvalue weighted by atomic mass is 9.86. The molecule has 0 radical (unpaired) electrons. The van der Waals surface area contributed by atoms with Crippen molar-refractivity contribution in [1.82, 2.24) is 5.32 Å². The van der Waals surface area contributed by atoms with Crippen molar-refractivity contribution in [3.05, 3.63) is 64.3 Å². The van der Waals surface area contributed by atoms with E-state index in [2.05, 4.69) is 31.3 Å². The lowest BCUT2D eigenvalue weighted by Gasteiger charge is -2.22. The van der Waals surface area contributed by atoms with Crippen LogP contribution in [0.15, 0.2) is 58.7 Å². The van der Waals surface area contributed by atoms with Gasteiger partial charge >= 0.3 is 0 Å². The van der Waals surface area contributed by atoms with Gasteiger partial charge in [0.1, 0.15) is 0 Å². The minimum atomic E-state index is -0.320. The molecule has 0 fully saturated rings. The van der Waals surface area contributed by atoms with Gasteiger partial charge in [-0.25, -0.2) is 0 Å². The fraction of sp³-hybridized carbons (Fsp3) is 0.333. The van der Waals surface area contributed by atoms with Gasteiger partial charge in [0.25, 0.3) is 11.8 Å². The van der Waals surface area contributed by atoms with Crippen molar-refractivity contribution in [2.45, 2.75) is 41.0 Å². The average molecular weight is 323 g/mol. The molecule has 1 aromatic rings. The number of hydrogen-bond acceptors (Lipinski definition) is 2. The molecule has 0 spiro atoms. The molecule has 0 aromatic heterocycles. The topological polar surface area (TPSA) is 46.2 Å². The molecule has 0 saturated heterocycles. The van der Waals surface area contributed by atoms with Crippen LogP contribution >= 0.6 is 0 Å². The highest BCUT2D eigenvalue weighted by molar-refractivity contribution is 6.18. The molecular formula is C21H25NO2. The summed E-state index contributed by atoms with van der Waals surface area (Å²) in [5.74, 6) is -0.313. The van der Waals surface area contributed by atoms with Gasteiger partial charge in [0, 0.05) is 11.1 Å². The number of carbonyl (C=O) groups excluding carboxylic acids is 2. The average Bonchev–Trinajstić information content (AvgIpc) is 2.54. The van der Waals surface area contributed by atoms with Crippen LogP contribution in [-0.2, 0) is 9.59 Å². The Balaban J connectivity index is 2.65. The first-order chi connectivity index (χ1) is 11.4. The highest BCUT2D eigenvalue weighted by Crippen LogP contribution is 2.30. The van der Waals surface area contributed by atoms with E-state index in [1.807, 2.05) is 45.0 Å². The number of hydrogen-bond donors (Lipinski definition) is 1. The van der Waals surface area contributed by atoms with Crippen molar-refractivity contribution < 1.29 is 9.59 Å². The monoisotopic (exact) mass is 323 g/mol. The van der Waals surface area contributed by atoms with Crippen LogP contribution in [0.3, 0.4) is 0 Å². The lowest BCUT2D eigenvalue weighted by Crippen LogP contribution is -2.38. The Morgan fingerprint density at radius 1 is 1.12 bits per heavy atom. The van der Waals surface area contributed by atoms with E-state index in [0.717, 1.165) is 28.7 Å². The quantitative estimate of drug-likeness (QED) is 0.658. The number of amides is 2. The van der Waals surface area contributed by atoms with Gasteiger partial charge in [-0.05, 0) is 55.9 Å². The van der Waals surface area contributed by atoms with Crippen LogP contribution in [0.5, 0.6) is 0 Å². The molecule has 1 unspecified atom stereocenters. The van der Waals surface area contributed by atoms with E-state index in [9.17, 15) is 9.59 Å². The zero-order chi connectivity index (χ0) is 17.9. The standard InChI is InChI=1S/C21H25NO2/c1-6-14(4)17(16-10-8-7-9-11-16)12-18-15(5)19(13(2)3)21(24)22-20(18)23/h7-12,14H,6H2,1-5H3,(H,22,23,24)/b17-12+. The van der Waals surface area contributed by atoms with Crippen LogP contribution in [0.25, 0.3) is 5.57 Å². The molecule has 1 aliphatic rings. The van der Waals surface area contributed by atoms with Crippen molar-refractivity contribution in [2.24, 2.45) is 5.92 Å². The minimum absolute atomic E-state index is 0.306. The van der Waals surface area contributed by atoms with Crippen LogP contribution < -0.4 is 5.32 Å². The van der Waals surface area contributed by atoms with Crippen molar-refractivity contribution in [3.63, 3.8) is 0 Å². The smallest absolute Gasteiger partial charge is 0.258 e. The molecule has 1 N–H and O–H groups in total. The molecule has 0 aliphatic carbocycles. The third kappa shape index (κ3) is 3.56. The highest BCUT2D eigenvalue weighted by Gasteiger charge is 2.27. The normalized spacial score (nSPS) is 17.0. The Morgan fingerprint density at radius 3 is 2.29 bits per heavy atom. The summed E-state index contributed by atoms with van der Waals surface area (Å²) in [4.78, 5) is 24.5. The molecule has 3 nitrogen and oxygen atoms in total. The van der Waals surface area contributed by atoms with E-state index in [4.69, 9.17) is 0 Å². The molecule has 1 aliphatic heterocycles. The molecule has 1 heterocycles. The summed E-state index contributed by atoms with van der Waals surface area (Å²) < 4.78 is 0. The summed E-state index contributed by atoms with van der Waals surface area (Å²) in [6.07, 6.45) is 2.92. The number of rotatable bonds is 4. The van der Waals surface area contributed by atoms with Crippen LogP contribution in [0.2, 0.25) is 0 Å². The summed E-state index contributed by atoms with van der Waals surface area (Å²) >= 11 is 0. The number of imide groups is 1. The first-order valence-corrected chi connectivity index (χ1v) is 8.38. The maximum Gasteiger partial charge on any atom is 0.258 e. The minimum Gasteiger partial charge on any atom is -0.288 e. The Bertz CT molecular complexity index is 747. The highest BCUT2D eigenvalue weighted by atomic mass is 16.2. The summed E-state index contributed by atoms with van der Waals surface area (Å²) in [5.41, 5.74) is 5.07. The Labute approximate surface area is 144 Å². The maximum atomic E-state index is 12.4. The van der Waals surface area contributed by atoms with E-state index in [-0.39, 0.29) is 11.8 Å². The second kappa shape index (κ2) is 7.43. The molecular weight excluding hydrogens is 298 g/mol. The van der Waals surface area contributed by atoms with E-state index in [1.54, 1.807) is 0 Å². The molecule has 2 amide bonds. The first-order valence-electron chi connectivity index (χ1n) is 8.38. The van der Waals surface area contributed by atoms with Gasteiger partial charge in [0.2, 0.25) is 0 Å². The van der Waals surface area contributed by atoms with Crippen molar-refractivity contribution in [1.29, 1.82) is 0 Å². The fourth-order valence-electron chi connectivity index (χ4n) is 3.00. The van der Waals surface area contributed by atoms with Crippen molar-refractivity contribution in [3.8, 4) is 0 Å². The molecule has 0 saturated carbocycles. The largest absolute Gasteiger partial charge is 0.288 e. The molecule has 3 heteroatoms. The van der Waals surface area contributed by atoms with Gasteiger partial charge < -0.3 is 0 Å².